The van der Waals surface area contributed by atoms with Gasteiger partial charge in [0.05, 0.1) is 11.8 Å². The van der Waals surface area contributed by atoms with Crippen LogP contribution in [0.4, 0.5) is 0 Å². The molecule has 2 rings (SSSR count). The Kier molecular flexibility index (Phi) is 2.89. The van der Waals surface area contributed by atoms with E-state index in [-0.39, 0.29) is 5.92 Å². The predicted molar refractivity (Wildman–Crippen MR) is 58.7 cm³/mol. The number of hydrogen-bond acceptors (Lipinski definition) is 2. The quantitative estimate of drug-likeness (QED) is 0.712. The summed E-state index contributed by atoms with van der Waals surface area (Å²) in [4.78, 5) is 12.1. The lowest BCUT2D eigenvalue weighted by atomic mass is 9.91. The van der Waals surface area contributed by atoms with E-state index in [0.29, 0.717) is 11.7 Å². The fourth-order valence-electron chi connectivity index (χ4n) is 2.41. The van der Waals surface area contributed by atoms with Crippen LogP contribution in [0.5, 0.6) is 0 Å². The highest BCUT2D eigenvalue weighted by molar-refractivity contribution is 5.97. The molecule has 2 unspecified atom stereocenters. The van der Waals surface area contributed by atoms with Crippen LogP contribution in [0.1, 0.15) is 43.5 Å². The highest BCUT2D eigenvalue weighted by Gasteiger charge is 2.30. The van der Waals surface area contributed by atoms with E-state index < -0.39 is 0 Å². The first-order valence-electron chi connectivity index (χ1n) is 5.79. The van der Waals surface area contributed by atoms with Crippen LogP contribution in [-0.4, -0.2) is 15.6 Å². The minimum Gasteiger partial charge on any atom is -0.294 e. The molecule has 0 spiro atoms. The van der Waals surface area contributed by atoms with Crippen molar-refractivity contribution < 1.29 is 4.79 Å². The van der Waals surface area contributed by atoms with E-state index in [1.165, 1.54) is 12.8 Å². The van der Waals surface area contributed by atoms with Crippen molar-refractivity contribution in [2.75, 3.05) is 0 Å². The van der Waals surface area contributed by atoms with Crippen molar-refractivity contribution in [3.05, 3.63) is 18.0 Å². The number of rotatable bonds is 3. The van der Waals surface area contributed by atoms with Gasteiger partial charge in [0, 0.05) is 18.7 Å². The molecular formula is C12H18N2O. The minimum atomic E-state index is 0.236. The van der Waals surface area contributed by atoms with Crippen LogP contribution in [0.3, 0.4) is 0 Å². The molecule has 82 valence electrons. The maximum absolute atomic E-state index is 12.1. The second kappa shape index (κ2) is 4.17. The third-order valence-electron chi connectivity index (χ3n) is 3.44. The summed E-state index contributed by atoms with van der Waals surface area (Å²) in [5.74, 6) is 1.07. The van der Waals surface area contributed by atoms with Crippen LogP contribution >= 0.6 is 0 Å². The molecule has 1 fully saturated rings. The van der Waals surface area contributed by atoms with Crippen molar-refractivity contribution in [2.45, 2.75) is 39.7 Å². The number of carbonyl (C=O) groups is 1. The minimum absolute atomic E-state index is 0.236. The maximum atomic E-state index is 12.1. The first-order valence-corrected chi connectivity index (χ1v) is 5.79. The number of aryl methyl sites for hydroxylation is 1. The summed E-state index contributed by atoms with van der Waals surface area (Å²) >= 11 is 0. The average Bonchev–Trinajstić information content (AvgIpc) is 2.84. The van der Waals surface area contributed by atoms with Crippen LogP contribution < -0.4 is 0 Å². The highest BCUT2D eigenvalue weighted by Crippen LogP contribution is 2.33. The molecule has 0 bridgehead atoms. The fourth-order valence-corrected chi connectivity index (χ4v) is 2.41. The number of hydrogen-bond donors (Lipinski definition) is 0. The van der Waals surface area contributed by atoms with Gasteiger partial charge in [0.2, 0.25) is 0 Å². The van der Waals surface area contributed by atoms with Gasteiger partial charge in [-0.05, 0) is 25.7 Å². The van der Waals surface area contributed by atoms with E-state index in [9.17, 15) is 4.79 Å². The van der Waals surface area contributed by atoms with Crippen molar-refractivity contribution in [1.29, 1.82) is 0 Å². The Labute approximate surface area is 90.5 Å². The molecule has 15 heavy (non-hydrogen) atoms. The summed E-state index contributed by atoms with van der Waals surface area (Å²) in [6.45, 7) is 5.03. The molecule has 1 heterocycles. The summed E-state index contributed by atoms with van der Waals surface area (Å²) in [7, 11) is 0. The molecule has 0 amide bonds. The van der Waals surface area contributed by atoms with Crippen LogP contribution in [0, 0.1) is 11.8 Å². The molecule has 3 nitrogen and oxygen atoms in total. The molecule has 0 aromatic carbocycles. The van der Waals surface area contributed by atoms with Gasteiger partial charge in [0.15, 0.2) is 5.78 Å². The van der Waals surface area contributed by atoms with E-state index in [2.05, 4.69) is 12.0 Å². The Hall–Kier alpha value is -1.12. The van der Waals surface area contributed by atoms with Crippen LogP contribution in [0.25, 0.3) is 0 Å². The van der Waals surface area contributed by atoms with Crippen molar-refractivity contribution in [1.82, 2.24) is 9.78 Å². The Morgan fingerprint density at radius 2 is 2.40 bits per heavy atom. The molecular weight excluding hydrogens is 188 g/mol. The molecule has 0 radical (unpaired) electrons. The summed E-state index contributed by atoms with van der Waals surface area (Å²) in [6.07, 6.45) is 7.01. The SMILES string of the molecule is CCn1cc(C(=O)C2CCCC2C)cn1. The van der Waals surface area contributed by atoms with E-state index in [1.807, 2.05) is 17.8 Å². The highest BCUT2D eigenvalue weighted by atomic mass is 16.1. The van der Waals surface area contributed by atoms with E-state index in [1.54, 1.807) is 6.20 Å². The molecule has 2 atom stereocenters. The summed E-state index contributed by atoms with van der Waals surface area (Å²) in [6, 6.07) is 0. The second-order valence-corrected chi connectivity index (χ2v) is 4.46. The summed E-state index contributed by atoms with van der Waals surface area (Å²) in [5, 5.41) is 4.15. The first kappa shape index (κ1) is 10.4. The van der Waals surface area contributed by atoms with Gasteiger partial charge in [-0.3, -0.25) is 9.48 Å². The summed E-state index contributed by atoms with van der Waals surface area (Å²) < 4.78 is 1.81. The predicted octanol–water partition coefficient (Wildman–Crippen LogP) is 2.52. The molecule has 1 aliphatic rings. The van der Waals surface area contributed by atoms with Gasteiger partial charge < -0.3 is 0 Å². The smallest absolute Gasteiger partial charge is 0.169 e. The number of carbonyl (C=O) groups excluding carboxylic acids is 1. The molecule has 1 saturated carbocycles. The van der Waals surface area contributed by atoms with E-state index in [4.69, 9.17) is 0 Å². The molecule has 1 aromatic heterocycles. The van der Waals surface area contributed by atoms with Gasteiger partial charge >= 0.3 is 0 Å². The standard InChI is InChI=1S/C12H18N2O/c1-3-14-8-10(7-13-14)12(15)11-6-4-5-9(11)2/h7-9,11H,3-6H2,1-2H3. The van der Waals surface area contributed by atoms with Gasteiger partial charge in [0.25, 0.3) is 0 Å². The zero-order valence-electron chi connectivity index (χ0n) is 9.44. The topological polar surface area (TPSA) is 34.9 Å². The second-order valence-electron chi connectivity index (χ2n) is 4.46. The van der Waals surface area contributed by atoms with Crippen molar-refractivity contribution in [2.24, 2.45) is 11.8 Å². The van der Waals surface area contributed by atoms with Gasteiger partial charge in [0.1, 0.15) is 0 Å². The van der Waals surface area contributed by atoms with Crippen molar-refractivity contribution in [3.8, 4) is 0 Å². The van der Waals surface area contributed by atoms with Crippen LogP contribution in [-0.2, 0) is 6.54 Å². The normalized spacial score (nSPS) is 25.7. The zero-order chi connectivity index (χ0) is 10.8. The van der Waals surface area contributed by atoms with Crippen LogP contribution in [0.15, 0.2) is 12.4 Å². The van der Waals surface area contributed by atoms with E-state index >= 15 is 0 Å². The molecule has 3 heteroatoms. The molecule has 0 aliphatic heterocycles. The monoisotopic (exact) mass is 206 g/mol. The van der Waals surface area contributed by atoms with Gasteiger partial charge in [-0.15, -0.1) is 0 Å². The Morgan fingerprint density at radius 1 is 1.60 bits per heavy atom. The number of nitrogens with zero attached hydrogens (tertiary/aromatic N) is 2. The van der Waals surface area contributed by atoms with E-state index in [0.717, 1.165) is 18.5 Å². The largest absolute Gasteiger partial charge is 0.294 e. The first-order chi connectivity index (χ1) is 7.22. The fraction of sp³-hybridized carbons (Fsp3) is 0.667. The Bertz CT molecular complexity index is 356. The number of ketones is 1. The van der Waals surface area contributed by atoms with Crippen molar-refractivity contribution in [3.63, 3.8) is 0 Å². The lowest BCUT2D eigenvalue weighted by Gasteiger charge is -2.11. The Balaban J connectivity index is 2.13. The lowest BCUT2D eigenvalue weighted by Crippen LogP contribution is -2.16. The maximum Gasteiger partial charge on any atom is 0.169 e. The third kappa shape index (κ3) is 1.96. The Morgan fingerprint density at radius 3 is 2.93 bits per heavy atom. The van der Waals surface area contributed by atoms with Crippen molar-refractivity contribution >= 4 is 5.78 Å². The molecule has 0 N–H and O–H groups in total. The van der Waals surface area contributed by atoms with Gasteiger partial charge in [-0.2, -0.15) is 5.10 Å². The number of Topliss-reactive ketones (excluding diaryl/α,β-unsaturated/α-hetero) is 1. The third-order valence-corrected chi connectivity index (χ3v) is 3.44. The summed E-state index contributed by atoms with van der Waals surface area (Å²) in [5.41, 5.74) is 0.788. The molecule has 1 aliphatic carbocycles. The molecule has 1 aromatic rings. The van der Waals surface area contributed by atoms with Gasteiger partial charge in [-0.25, -0.2) is 0 Å². The van der Waals surface area contributed by atoms with Crippen LogP contribution in [0.2, 0.25) is 0 Å². The number of aromatic nitrogens is 2. The lowest BCUT2D eigenvalue weighted by molar-refractivity contribution is 0.0897. The molecule has 0 saturated heterocycles. The zero-order valence-corrected chi connectivity index (χ0v) is 9.44. The van der Waals surface area contributed by atoms with Gasteiger partial charge in [-0.1, -0.05) is 13.3 Å². The average molecular weight is 206 g/mol.